The monoisotopic (exact) mass is 453 g/mol. The number of nitrogens with zero attached hydrogens (tertiary/aromatic N) is 4. The first-order chi connectivity index (χ1) is 14.2. The van der Waals surface area contributed by atoms with Gasteiger partial charge < -0.3 is 24.1 Å². The van der Waals surface area contributed by atoms with E-state index in [4.69, 9.17) is 31.1 Å². The zero-order chi connectivity index (χ0) is 21.9. The SMILES string of the molecule is CC(C)OP(=O)(COc1ccccc1Cn1cnc2c(Cl)nc(N)nc21)OC(C)C. The molecule has 0 atom stereocenters. The quantitative estimate of drug-likeness (QED) is 0.372. The van der Waals surface area contributed by atoms with Gasteiger partial charge in [0.15, 0.2) is 17.1 Å². The van der Waals surface area contributed by atoms with Gasteiger partial charge in [0.2, 0.25) is 5.95 Å². The third-order valence-electron chi connectivity index (χ3n) is 3.87. The molecule has 0 fully saturated rings. The van der Waals surface area contributed by atoms with Gasteiger partial charge in [0.1, 0.15) is 11.3 Å². The number of benzene rings is 1. The van der Waals surface area contributed by atoms with Crippen molar-refractivity contribution in [2.24, 2.45) is 0 Å². The molecule has 2 N–H and O–H groups in total. The molecule has 0 aliphatic carbocycles. The Hall–Kier alpha value is -2.19. The van der Waals surface area contributed by atoms with E-state index in [2.05, 4.69) is 15.0 Å². The highest BCUT2D eigenvalue weighted by atomic mass is 35.5. The van der Waals surface area contributed by atoms with Gasteiger partial charge in [-0.15, -0.1) is 0 Å². The summed E-state index contributed by atoms with van der Waals surface area (Å²) >= 11 is 6.10. The summed E-state index contributed by atoms with van der Waals surface area (Å²) < 4.78 is 31.8. The highest BCUT2D eigenvalue weighted by Gasteiger charge is 2.29. The van der Waals surface area contributed by atoms with Crippen molar-refractivity contribution in [1.29, 1.82) is 0 Å². The van der Waals surface area contributed by atoms with E-state index in [-0.39, 0.29) is 29.7 Å². The van der Waals surface area contributed by atoms with Crippen molar-refractivity contribution in [2.75, 3.05) is 12.1 Å². The minimum absolute atomic E-state index is 0.0661. The molecule has 2 aromatic heterocycles. The number of nitrogen functional groups attached to an aromatic ring is 1. The number of para-hydroxylation sites is 1. The fourth-order valence-corrected chi connectivity index (χ4v) is 4.85. The fourth-order valence-electron chi connectivity index (χ4n) is 2.88. The zero-order valence-corrected chi connectivity index (χ0v) is 18.9. The average Bonchev–Trinajstić information content (AvgIpc) is 3.02. The van der Waals surface area contributed by atoms with E-state index in [1.807, 2.05) is 18.2 Å². The van der Waals surface area contributed by atoms with E-state index in [0.29, 0.717) is 23.5 Å². The van der Waals surface area contributed by atoms with Crippen LogP contribution in [0.4, 0.5) is 5.95 Å². The molecule has 0 unspecified atom stereocenters. The van der Waals surface area contributed by atoms with Crippen LogP contribution in [0.25, 0.3) is 11.2 Å². The van der Waals surface area contributed by atoms with Crippen molar-refractivity contribution < 1.29 is 18.3 Å². The van der Waals surface area contributed by atoms with E-state index in [1.165, 1.54) is 0 Å². The molecule has 3 aromatic rings. The number of fused-ring (bicyclic) bond motifs is 1. The second-order valence-corrected chi connectivity index (χ2v) is 9.48. The Kier molecular flexibility index (Phi) is 6.98. The predicted molar refractivity (Wildman–Crippen MR) is 116 cm³/mol. The third-order valence-corrected chi connectivity index (χ3v) is 6.07. The maximum atomic E-state index is 13.1. The van der Waals surface area contributed by atoms with E-state index in [9.17, 15) is 4.57 Å². The van der Waals surface area contributed by atoms with E-state index < -0.39 is 7.60 Å². The summed E-state index contributed by atoms with van der Waals surface area (Å²) in [4.78, 5) is 12.4. The molecular weight excluding hydrogens is 429 g/mol. The lowest BCUT2D eigenvalue weighted by Gasteiger charge is -2.23. The maximum absolute atomic E-state index is 13.1. The van der Waals surface area contributed by atoms with Crippen LogP contribution in [0.15, 0.2) is 30.6 Å². The number of ether oxygens (including phenoxy) is 1. The van der Waals surface area contributed by atoms with E-state index >= 15 is 0 Å². The number of rotatable bonds is 9. The summed E-state index contributed by atoms with van der Waals surface area (Å²) in [6, 6.07) is 7.40. The van der Waals surface area contributed by atoms with Crippen LogP contribution in [0.5, 0.6) is 5.75 Å². The van der Waals surface area contributed by atoms with Crippen molar-refractivity contribution >= 4 is 36.3 Å². The van der Waals surface area contributed by atoms with Crippen molar-refractivity contribution in [2.45, 2.75) is 46.4 Å². The second kappa shape index (κ2) is 9.31. The topological polar surface area (TPSA) is 114 Å². The number of nitrogens with two attached hydrogens (primary N) is 1. The molecule has 0 amide bonds. The van der Waals surface area contributed by atoms with Gasteiger partial charge in [-0.05, 0) is 33.8 Å². The van der Waals surface area contributed by atoms with Gasteiger partial charge in [0.05, 0.1) is 25.1 Å². The molecular formula is C19H25ClN5O4P. The molecule has 0 radical (unpaired) electrons. The first kappa shape index (κ1) is 22.5. The Morgan fingerprint density at radius 3 is 2.47 bits per heavy atom. The van der Waals surface area contributed by atoms with Gasteiger partial charge in [0, 0.05) is 5.56 Å². The summed E-state index contributed by atoms with van der Waals surface area (Å²) in [6.07, 6.45) is 0.878. The average molecular weight is 454 g/mol. The first-order valence-electron chi connectivity index (χ1n) is 9.47. The maximum Gasteiger partial charge on any atom is 0.368 e. The molecule has 30 heavy (non-hydrogen) atoms. The minimum Gasteiger partial charge on any atom is -0.481 e. The van der Waals surface area contributed by atoms with Crippen LogP contribution in [0.1, 0.15) is 33.3 Å². The highest BCUT2D eigenvalue weighted by molar-refractivity contribution is 7.53. The van der Waals surface area contributed by atoms with Gasteiger partial charge >= 0.3 is 7.60 Å². The van der Waals surface area contributed by atoms with Crippen molar-refractivity contribution in [1.82, 2.24) is 19.5 Å². The lowest BCUT2D eigenvalue weighted by atomic mass is 10.2. The Morgan fingerprint density at radius 2 is 1.80 bits per heavy atom. The van der Waals surface area contributed by atoms with Gasteiger partial charge in [-0.1, -0.05) is 29.8 Å². The number of imidazole rings is 1. The van der Waals surface area contributed by atoms with Crippen LogP contribution in [0, 0.1) is 0 Å². The normalized spacial score (nSPS) is 12.2. The van der Waals surface area contributed by atoms with Crippen molar-refractivity contribution in [3.8, 4) is 5.75 Å². The number of hydrogen-bond acceptors (Lipinski definition) is 8. The zero-order valence-electron chi connectivity index (χ0n) is 17.3. The molecule has 3 rings (SSSR count). The van der Waals surface area contributed by atoms with Crippen molar-refractivity contribution in [3.05, 3.63) is 41.3 Å². The molecule has 11 heteroatoms. The summed E-state index contributed by atoms with van der Waals surface area (Å²) in [7, 11) is -3.44. The smallest absolute Gasteiger partial charge is 0.368 e. The Labute approximate surface area is 180 Å². The van der Waals surface area contributed by atoms with Gasteiger partial charge in [-0.2, -0.15) is 9.97 Å². The Morgan fingerprint density at radius 1 is 1.13 bits per heavy atom. The standard InChI is InChI=1S/C19H25ClN5O4P/c1-12(2)28-30(26,29-13(3)4)11-27-15-8-6-5-7-14(15)9-25-10-22-16-17(20)23-19(21)24-18(16)25/h5-8,10,12-13H,9,11H2,1-4H3,(H2,21,23,24). The van der Waals surface area contributed by atoms with Crippen LogP contribution in [-0.4, -0.2) is 38.1 Å². The third kappa shape index (κ3) is 5.49. The fraction of sp³-hybridized carbons (Fsp3) is 0.421. The van der Waals surface area contributed by atoms with Crippen LogP contribution in [0.3, 0.4) is 0 Å². The molecule has 1 aromatic carbocycles. The first-order valence-corrected chi connectivity index (χ1v) is 11.6. The summed E-state index contributed by atoms with van der Waals surface area (Å²) in [5, 5.41) is 0.193. The summed E-state index contributed by atoms with van der Waals surface area (Å²) in [6.45, 7) is 7.58. The summed E-state index contributed by atoms with van der Waals surface area (Å²) in [5.41, 5.74) is 7.52. The number of hydrogen-bond donors (Lipinski definition) is 1. The van der Waals surface area contributed by atoms with Gasteiger partial charge in [-0.25, -0.2) is 4.98 Å². The number of aromatic nitrogens is 4. The predicted octanol–water partition coefficient (Wildman–Crippen LogP) is 4.49. The molecule has 0 saturated heterocycles. The van der Waals surface area contributed by atoms with E-state index in [0.717, 1.165) is 5.56 Å². The van der Waals surface area contributed by atoms with E-state index in [1.54, 1.807) is 44.7 Å². The van der Waals surface area contributed by atoms with Crippen LogP contribution >= 0.6 is 19.2 Å². The molecule has 2 heterocycles. The van der Waals surface area contributed by atoms with Crippen LogP contribution in [0.2, 0.25) is 5.15 Å². The largest absolute Gasteiger partial charge is 0.481 e. The molecule has 0 saturated carbocycles. The van der Waals surface area contributed by atoms with Gasteiger partial charge in [0.25, 0.3) is 0 Å². The molecule has 0 aliphatic heterocycles. The Balaban J connectivity index is 1.84. The molecule has 162 valence electrons. The number of anilines is 1. The number of halogens is 1. The lowest BCUT2D eigenvalue weighted by Crippen LogP contribution is -2.13. The van der Waals surface area contributed by atoms with Crippen LogP contribution in [-0.2, 0) is 20.2 Å². The molecule has 0 aliphatic rings. The second-order valence-electron chi connectivity index (χ2n) is 7.22. The van der Waals surface area contributed by atoms with Crippen LogP contribution < -0.4 is 10.5 Å². The Bertz CT molecular complexity index is 1060. The molecule has 9 nitrogen and oxygen atoms in total. The molecule has 0 spiro atoms. The summed E-state index contributed by atoms with van der Waals surface area (Å²) in [5.74, 6) is 0.615. The van der Waals surface area contributed by atoms with Gasteiger partial charge in [-0.3, -0.25) is 4.57 Å². The highest BCUT2D eigenvalue weighted by Crippen LogP contribution is 2.50. The lowest BCUT2D eigenvalue weighted by molar-refractivity contribution is 0.129. The molecule has 0 bridgehead atoms. The van der Waals surface area contributed by atoms with Crippen molar-refractivity contribution in [3.63, 3.8) is 0 Å². The minimum atomic E-state index is -3.44.